The lowest BCUT2D eigenvalue weighted by molar-refractivity contribution is 0.669. The largest absolute Gasteiger partial charge is 0.456 e. The number of aromatic nitrogens is 4. The summed E-state index contributed by atoms with van der Waals surface area (Å²) in [4.78, 5) is 14.8. The van der Waals surface area contributed by atoms with Crippen molar-refractivity contribution in [3.05, 3.63) is 182 Å². The Morgan fingerprint density at radius 3 is 1.70 bits per heavy atom. The van der Waals surface area contributed by atoms with Gasteiger partial charge in [-0.3, -0.25) is 0 Å². The molecule has 0 saturated heterocycles. The summed E-state index contributed by atoms with van der Waals surface area (Å²) < 4.78 is 11.5. The van der Waals surface area contributed by atoms with Gasteiger partial charge in [-0.1, -0.05) is 127 Å². The first kappa shape index (κ1) is 31.9. The van der Waals surface area contributed by atoms with Gasteiger partial charge in [0, 0.05) is 64.1 Å². The number of fused-ring (bicyclic) bond motifs is 9. The van der Waals surface area contributed by atoms with Gasteiger partial charge in [-0.05, 0) is 65.7 Å². The molecule has 0 aliphatic carbocycles. The molecule has 8 aromatic carbocycles. The van der Waals surface area contributed by atoms with Gasteiger partial charge in [0.25, 0.3) is 0 Å². The molecule has 5 nitrogen and oxygen atoms in total. The summed E-state index contributed by atoms with van der Waals surface area (Å²) in [5.74, 6) is 1.86. The molecule has 12 rings (SSSR count). The van der Waals surface area contributed by atoms with Crippen LogP contribution in [0.5, 0.6) is 0 Å². The minimum Gasteiger partial charge on any atom is -0.456 e. The normalized spacial score (nSPS) is 11.9. The predicted octanol–water partition coefficient (Wildman–Crippen LogP) is 13.9. The molecule has 0 aliphatic heterocycles. The Bertz CT molecular complexity index is 3420. The van der Waals surface area contributed by atoms with Gasteiger partial charge >= 0.3 is 0 Å². The van der Waals surface area contributed by atoms with Crippen LogP contribution in [0.3, 0.4) is 0 Å². The van der Waals surface area contributed by atoms with Crippen molar-refractivity contribution in [1.82, 2.24) is 19.5 Å². The Labute approximate surface area is 330 Å². The van der Waals surface area contributed by atoms with E-state index in [1.807, 2.05) is 72.0 Å². The lowest BCUT2D eigenvalue weighted by Gasteiger charge is -2.08. The topological polar surface area (TPSA) is 56.7 Å². The van der Waals surface area contributed by atoms with E-state index in [0.717, 1.165) is 49.8 Å². The van der Waals surface area contributed by atoms with Crippen molar-refractivity contribution >= 4 is 75.3 Å². The third-order valence-corrected chi connectivity index (χ3v) is 12.2. The molecule has 0 amide bonds. The Morgan fingerprint density at radius 2 is 1.00 bits per heavy atom. The lowest BCUT2D eigenvalue weighted by Crippen LogP contribution is -2.00. The number of hydrogen-bond donors (Lipinski definition) is 0. The SMILES string of the molecule is c1ccc(-c2nc(-c3ccccc3)nc(-c3ccc4c(c3)oc3cccc(-c5ccc6sc7cc(-n8c9ccccc9c9ccccc98)ccc7c6c5)c34)n2)cc1. The van der Waals surface area contributed by atoms with E-state index < -0.39 is 0 Å². The van der Waals surface area contributed by atoms with Crippen LogP contribution < -0.4 is 0 Å². The molecule has 12 aromatic rings. The monoisotopic (exact) mass is 746 g/mol. The highest BCUT2D eigenvalue weighted by Gasteiger charge is 2.18. The summed E-state index contributed by atoms with van der Waals surface area (Å²) >= 11 is 1.85. The molecule has 0 atom stereocenters. The fourth-order valence-corrected chi connectivity index (χ4v) is 9.54. The van der Waals surface area contributed by atoms with Crippen LogP contribution in [0, 0.1) is 0 Å². The molecule has 266 valence electrons. The zero-order chi connectivity index (χ0) is 37.5. The van der Waals surface area contributed by atoms with Crippen molar-refractivity contribution in [1.29, 1.82) is 0 Å². The van der Waals surface area contributed by atoms with Crippen molar-refractivity contribution in [3.63, 3.8) is 0 Å². The van der Waals surface area contributed by atoms with Crippen LogP contribution in [-0.4, -0.2) is 19.5 Å². The van der Waals surface area contributed by atoms with E-state index in [1.165, 1.54) is 47.7 Å². The average molecular weight is 747 g/mol. The van der Waals surface area contributed by atoms with E-state index in [0.29, 0.717) is 17.5 Å². The molecular weight excluding hydrogens is 717 g/mol. The maximum atomic E-state index is 6.59. The maximum Gasteiger partial charge on any atom is 0.164 e. The Morgan fingerprint density at radius 1 is 0.386 bits per heavy atom. The summed E-state index contributed by atoms with van der Waals surface area (Å²) in [5, 5.41) is 7.20. The molecule has 0 spiro atoms. The second-order valence-corrected chi connectivity index (χ2v) is 15.5. The van der Waals surface area contributed by atoms with Gasteiger partial charge in [-0.25, -0.2) is 15.0 Å². The first-order valence-corrected chi connectivity index (χ1v) is 19.8. The number of para-hydroxylation sites is 2. The van der Waals surface area contributed by atoms with E-state index in [2.05, 4.69) is 126 Å². The number of rotatable bonds is 5. The van der Waals surface area contributed by atoms with Gasteiger partial charge in [0.1, 0.15) is 11.2 Å². The van der Waals surface area contributed by atoms with E-state index >= 15 is 0 Å². The molecule has 6 heteroatoms. The van der Waals surface area contributed by atoms with Crippen molar-refractivity contribution in [2.45, 2.75) is 0 Å². The fourth-order valence-electron chi connectivity index (χ4n) is 8.42. The minimum absolute atomic E-state index is 0.598. The van der Waals surface area contributed by atoms with Crippen LogP contribution >= 0.6 is 11.3 Å². The second kappa shape index (κ2) is 12.6. The predicted molar refractivity (Wildman–Crippen MR) is 236 cm³/mol. The number of benzene rings is 8. The number of thiophene rings is 1. The summed E-state index contributed by atoms with van der Waals surface area (Å²) in [6, 6.07) is 63.9. The number of nitrogens with zero attached hydrogens (tertiary/aromatic N) is 4. The highest BCUT2D eigenvalue weighted by atomic mass is 32.1. The Hall–Kier alpha value is -7.41. The first-order valence-electron chi connectivity index (χ1n) is 19.0. The Balaban J connectivity index is 0.964. The average Bonchev–Trinajstić information content (AvgIpc) is 3.95. The summed E-state index contributed by atoms with van der Waals surface area (Å²) in [7, 11) is 0. The quantitative estimate of drug-likeness (QED) is 0.176. The number of hydrogen-bond acceptors (Lipinski definition) is 5. The molecule has 0 saturated carbocycles. The van der Waals surface area contributed by atoms with Gasteiger partial charge in [0.05, 0.1) is 11.0 Å². The van der Waals surface area contributed by atoms with Crippen LogP contribution in [0.2, 0.25) is 0 Å². The van der Waals surface area contributed by atoms with E-state index in [1.54, 1.807) is 0 Å². The Kier molecular flexibility index (Phi) is 7.03. The van der Waals surface area contributed by atoms with Gasteiger partial charge in [-0.2, -0.15) is 0 Å². The standard InChI is InChI=1S/C51H30N4OS/c1-3-12-31(13-4-1)49-52-50(32-14-5-2-6-15-32)54-51(53-49)34-22-25-40-45(29-34)56-44-21-11-18-36(48(40)44)33-23-27-46-41(28-33)39-26-24-35(30-47(39)57-46)55-42-19-9-7-16-37(42)38-17-8-10-20-43(38)55/h1-30H. The molecule has 0 N–H and O–H groups in total. The third kappa shape index (κ3) is 5.12. The van der Waals surface area contributed by atoms with Crippen LogP contribution in [0.25, 0.3) is 115 Å². The van der Waals surface area contributed by atoms with Gasteiger partial charge in [-0.15, -0.1) is 11.3 Å². The molecule has 0 fully saturated rings. The van der Waals surface area contributed by atoms with Crippen LogP contribution in [0.15, 0.2) is 186 Å². The van der Waals surface area contributed by atoms with Crippen molar-refractivity contribution in [2.24, 2.45) is 0 Å². The van der Waals surface area contributed by atoms with Gasteiger partial charge < -0.3 is 8.98 Å². The zero-order valence-electron chi connectivity index (χ0n) is 30.4. The fraction of sp³-hybridized carbons (Fsp3) is 0. The third-order valence-electron chi connectivity index (χ3n) is 11.1. The summed E-state index contributed by atoms with van der Waals surface area (Å²) in [6.45, 7) is 0. The second-order valence-electron chi connectivity index (χ2n) is 14.4. The molecule has 4 heterocycles. The molecular formula is C51H30N4OS. The lowest BCUT2D eigenvalue weighted by atomic mass is 9.97. The highest BCUT2D eigenvalue weighted by Crippen LogP contribution is 2.42. The first-order chi connectivity index (χ1) is 28.2. The molecule has 0 radical (unpaired) electrons. The van der Waals surface area contributed by atoms with Crippen LogP contribution in [-0.2, 0) is 0 Å². The smallest absolute Gasteiger partial charge is 0.164 e. The molecule has 0 unspecified atom stereocenters. The van der Waals surface area contributed by atoms with Crippen molar-refractivity contribution in [2.75, 3.05) is 0 Å². The van der Waals surface area contributed by atoms with Crippen molar-refractivity contribution < 1.29 is 4.42 Å². The molecule has 0 aliphatic rings. The van der Waals surface area contributed by atoms with Crippen molar-refractivity contribution in [3.8, 4) is 51.0 Å². The van der Waals surface area contributed by atoms with E-state index in [9.17, 15) is 0 Å². The molecule has 4 aromatic heterocycles. The zero-order valence-corrected chi connectivity index (χ0v) is 31.2. The van der Waals surface area contributed by atoms with E-state index in [4.69, 9.17) is 19.4 Å². The van der Waals surface area contributed by atoms with Gasteiger partial charge in [0.2, 0.25) is 0 Å². The minimum atomic E-state index is 0.598. The maximum absolute atomic E-state index is 6.59. The summed E-state index contributed by atoms with van der Waals surface area (Å²) in [6.07, 6.45) is 0. The summed E-state index contributed by atoms with van der Waals surface area (Å²) in [5.41, 5.74) is 10.3. The highest BCUT2D eigenvalue weighted by molar-refractivity contribution is 7.25. The molecule has 57 heavy (non-hydrogen) atoms. The van der Waals surface area contributed by atoms with E-state index in [-0.39, 0.29) is 0 Å². The van der Waals surface area contributed by atoms with Crippen LogP contribution in [0.1, 0.15) is 0 Å². The molecule has 0 bridgehead atoms. The van der Waals surface area contributed by atoms with Crippen LogP contribution in [0.4, 0.5) is 0 Å². The number of furan rings is 1. The van der Waals surface area contributed by atoms with Gasteiger partial charge in [0.15, 0.2) is 17.5 Å².